The number of benzene rings is 3. The average molecular weight is 896 g/mol. The van der Waals surface area contributed by atoms with Crippen molar-refractivity contribution >= 4 is 27.2 Å². The van der Waals surface area contributed by atoms with Crippen LogP contribution in [0.2, 0.25) is 0 Å². The van der Waals surface area contributed by atoms with E-state index in [2.05, 4.69) is 89.4 Å². The lowest BCUT2D eigenvalue weighted by atomic mass is 10.0. The molecule has 0 amide bonds. The van der Waals surface area contributed by atoms with Gasteiger partial charge in [0.1, 0.15) is 22.7 Å². The molecule has 11 rings (SSSR count). The maximum atomic E-state index is 9.93. The minimum absolute atomic E-state index is 0.00983. The highest BCUT2D eigenvalue weighted by Crippen LogP contribution is 2.43. The van der Waals surface area contributed by atoms with Crippen molar-refractivity contribution in [1.29, 1.82) is 0 Å². The fourth-order valence-corrected chi connectivity index (χ4v) is 9.41. The number of fused-ring (bicyclic) bond motifs is 2. The first-order valence-corrected chi connectivity index (χ1v) is 23.2. The van der Waals surface area contributed by atoms with Gasteiger partial charge in [-0.1, -0.05) is 55.3 Å². The summed E-state index contributed by atoms with van der Waals surface area (Å²) in [7, 11) is 0. The van der Waals surface area contributed by atoms with Crippen molar-refractivity contribution in [3.8, 4) is 44.9 Å². The van der Waals surface area contributed by atoms with Gasteiger partial charge in [-0.2, -0.15) is 10.2 Å². The van der Waals surface area contributed by atoms with Crippen molar-refractivity contribution in [3.63, 3.8) is 0 Å². The standard InChI is InChI=1S/C29H32N4O2.C21H23BrN4O/c1-21(34)23-6-5-7-24(16-23)27-18-31-33-19-25(17-30-28(27)33)22-8-10-26(11-9-22)35-29(12-13-29)20-32-14-3-2-4-15-32;22-19-13-24-26-14-17(12-23-20(19)26)16-4-6-18(7-5-16)27-21(8-9-21)15-25-10-2-1-3-11-25/h5-11,16-19,21,34H,2-4,12-15,20H2,1H3;4-7,12-14H,1-3,8-11,15H2/t21-;/m0./s1. The molecule has 2 saturated carbocycles. The number of ether oxygens (including phenoxy) is 2. The summed E-state index contributed by atoms with van der Waals surface area (Å²) in [6.45, 7) is 8.77. The number of rotatable bonds is 12. The van der Waals surface area contributed by atoms with Crippen LogP contribution in [0.5, 0.6) is 11.5 Å². The quantitative estimate of drug-likeness (QED) is 0.128. The summed E-state index contributed by atoms with van der Waals surface area (Å²) >= 11 is 3.46. The van der Waals surface area contributed by atoms with Crippen LogP contribution >= 0.6 is 15.9 Å². The van der Waals surface area contributed by atoms with E-state index in [1.807, 2.05) is 59.8 Å². The van der Waals surface area contributed by atoms with Crippen molar-refractivity contribution in [2.24, 2.45) is 0 Å². The minimum atomic E-state index is -0.511. The lowest BCUT2D eigenvalue weighted by Crippen LogP contribution is -2.40. The summed E-state index contributed by atoms with van der Waals surface area (Å²) in [5, 5.41) is 18.8. The number of nitrogens with zero attached hydrogens (tertiary/aromatic N) is 8. The predicted octanol–water partition coefficient (Wildman–Crippen LogP) is 10.1. The van der Waals surface area contributed by atoms with E-state index in [-0.39, 0.29) is 11.2 Å². The van der Waals surface area contributed by atoms with E-state index < -0.39 is 6.10 Å². The lowest BCUT2D eigenvalue weighted by Gasteiger charge is -2.30. The summed E-state index contributed by atoms with van der Waals surface area (Å²) in [6, 6.07) is 24.6. The molecule has 2 saturated heterocycles. The predicted molar refractivity (Wildman–Crippen MR) is 246 cm³/mol. The normalized spacial score (nSPS) is 18.8. The fourth-order valence-electron chi connectivity index (χ4n) is 9.03. The Balaban J connectivity index is 0.000000153. The Hall–Kier alpha value is -5.14. The first-order chi connectivity index (χ1) is 30.3. The second-order valence-electron chi connectivity index (χ2n) is 17.9. The van der Waals surface area contributed by atoms with Crippen LogP contribution in [0.3, 0.4) is 0 Å². The van der Waals surface area contributed by atoms with E-state index in [4.69, 9.17) is 14.5 Å². The third kappa shape index (κ3) is 9.29. The highest BCUT2D eigenvalue weighted by molar-refractivity contribution is 9.10. The molecule has 1 N–H and O–H groups in total. The Bertz CT molecular complexity index is 2620. The van der Waals surface area contributed by atoms with E-state index in [0.29, 0.717) is 0 Å². The van der Waals surface area contributed by atoms with Gasteiger partial charge in [-0.05, 0) is 153 Å². The number of likely N-dealkylation sites (tertiary alicyclic amines) is 2. The molecule has 320 valence electrons. The fraction of sp³-hybridized carbons (Fsp3) is 0.400. The van der Waals surface area contributed by atoms with Gasteiger partial charge in [0.05, 0.1) is 23.0 Å². The summed E-state index contributed by atoms with van der Waals surface area (Å²) in [5.74, 6) is 1.90. The Morgan fingerprint density at radius 3 is 1.61 bits per heavy atom. The molecule has 7 aromatic rings. The molecule has 4 aliphatic rings. The molecule has 4 aromatic heterocycles. The van der Waals surface area contributed by atoms with Gasteiger partial charge in [-0.15, -0.1) is 0 Å². The third-order valence-corrected chi connectivity index (χ3v) is 13.5. The number of halogens is 1. The SMILES string of the molecule is Brc1cnn2cc(-c3ccc(OC4(CN5CCCCC5)CC4)cc3)cnc12.C[C@H](O)c1cccc(-c2cnn3cc(-c4ccc(OC5(CN6CCCCC6)CC5)cc4)cnc23)c1. The van der Waals surface area contributed by atoms with Crippen LogP contribution in [0.25, 0.3) is 44.7 Å². The zero-order chi connectivity index (χ0) is 42.1. The van der Waals surface area contributed by atoms with Crippen LogP contribution in [0, 0.1) is 0 Å². The summed E-state index contributed by atoms with van der Waals surface area (Å²) < 4.78 is 17.4. The topological polar surface area (TPSA) is 106 Å². The Labute approximate surface area is 371 Å². The molecule has 3 aromatic carbocycles. The Kier molecular flexibility index (Phi) is 11.6. The second-order valence-corrected chi connectivity index (χ2v) is 18.7. The Morgan fingerprint density at radius 1 is 0.597 bits per heavy atom. The van der Waals surface area contributed by atoms with Gasteiger partial charge in [0.15, 0.2) is 11.3 Å². The van der Waals surface area contributed by atoms with Crippen molar-refractivity contribution < 1.29 is 14.6 Å². The van der Waals surface area contributed by atoms with Crippen LogP contribution in [0.1, 0.15) is 82.8 Å². The van der Waals surface area contributed by atoms with Gasteiger partial charge in [0.25, 0.3) is 0 Å². The molecule has 62 heavy (non-hydrogen) atoms. The molecule has 0 unspecified atom stereocenters. The molecule has 0 bridgehead atoms. The van der Waals surface area contributed by atoms with Gasteiger partial charge in [0.2, 0.25) is 0 Å². The first kappa shape index (κ1) is 40.9. The molecule has 6 heterocycles. The van der Waals surface area contributed by atoms with Crippen molar-refractivity contribution in [1.82, 2.24) is 39.0 Å². The number of aliphatic hydroxyl groups excluding tert-OH is 1. The van der Waals surface area contributed by atoms with Crippen LogP contribution in [0.15, 0.2) is 114 Å². The molecule has 2 aliphatic heterocycles. The molecular formula is C50H55BrN8O3. The first-order valence-electron chi connectivity index (χ1n) is 22.4. The highest BCUT2D eigenvalue weighted by atomic mass is 79.9. The van der Waals surface area contributed by atoms with Crippen LogP contribution in [-0.4, -0.2) is 94.6 Å². The Morgan fingerprint density at radius 2 is 1.10 bits per heavy atom. The summed E-state index contributed by atoms with van der Waals surface area (Å²) in [5.41, 5.74) is 8.75. The monoisotopic (exact) mass is 894 g/mol. The summed E-state index contributed by atoms with van der Waals surface area (Å²) in [4.78, 5) is 14.4. The molecule has 0 spiro atoms. The van der Waals surface area contributed by atoms with E-state index in [9.17, 15) is 5.11 Å². The minimum Gasteiger partial charge on any atom is -0.486 e. The van der Waals surface area contributed by atoms with E-state index in [1.54, 1.807) is 17.6 Å². The van der Waals surface area contributed by atoms with Gasteiger partial charge in [-0.3, -0.25) is 9.80 Å². The molecular weight excluding hydrogens is 841 g/mol. The lowest BCUT2D eigenvalue weighted by molar-refractivity contribution is 0.101. The zero-order valence-electron chi connectivity index (χ0n) is 35.5. The number of hydrogen-bond acceptors (Lipinski definition) is 9. The van der Waals surface area contributed by atoms with Crippen molar-refractivity contribution in [2.75, 3.05) is 39.3 Å². The van der Waals surface area contributed by atoms with Gasteiger partial charge >= 0.3 is 0 Å². The van der Waals surface area contributed by atoms with Crippen molar-refractivity contribution in [2.45, 2.75) is 88.4 Å². The largest absolute Gasteiger partial charge is 0.486 e. The molecule has 4 fully saturated rings. The van der Waals surface area contributed by atoms with E-state index in [0.717, 1.165) is 92.1 Å². The van der Waals surface area contributed by atoms with Crippen LogP contribution in [-0.2, 0) is 0 Å². The number of hydrogen-bond donors (Lipinski definition) is 1. The zero-order valence-corrected chi connectivity index (χ0v) is 37.1. The van der Waals surface area contributed by atoms with E-state index >= 15 is 0 Å². The molecule has 12 heteroatoms. The smallest absolute Gasteiger partial charge is 0.169 e. The summed E-state index contributed by atoms with van der Waals surface area (Å²) in [6.07, 6.45) is 23.5. The molecule has 11 nitrogen and oxygen atoms in total. The van der Waals surface area contributed by atoms with Gasteiger partial charge in [0, 0.05) is 54.6 Å². The molecule has 2 aliphatic carbocycles. The third-order valence-electron chi connectivity index (χ3n) is 12.9. The highest BCUT2D eigenvalue weighted by Gasteiger charge is 2.47. The maximum absolute atomic E-state index is 9.93. The number of aromatic nitrogens is 6. The maximum Gasteiger partial charge on any atom is 0.169 e. The average Bonchev–Trinajstić information content (AvgIpc) is 4.16. The number of aliphatic hydroxyl groups is 1. The van der Waals surface area contributed by atoms with Crippen molar-refractivity contribution in [3.05, 3.63) is 120 Å². The van der Waals surface area contributed by atoms with E-state index in [1.165, 1.54) is 77.5 Å². The van der Waals surface area contributed by atoms with Gasteiger partial charge < -0.3 is 14.6 Å². The molecule has 1 atom stereocenters. The molecule has 0 radical (unpaired) electrons. The number of piperidine rings is 2. The van der Waals surface area contributed by atoms with Crippen LogP contribution in [0.4, 0.5) is 0 Å². The van der Waals surface area contributed by atoms with Crippen LogP contribution < -0.4 is 9.47 Å². The second kappa shape index (κ2) is 17.6. The van der Waals surface area contributed by atoms with Gasteiger partial charge in [-0.25, -0.2) is 19.0 Å².